The zero-order chi connectivity index (χ0) is 11.1. The van der Waals surface area contributed by atoms with Crippen molar-refractivity contribution in [3.8, 4) is 0 Å². The Kier molecular flexibility index (Phi) is 2.00. The minimum Gasteiger partial charge on any atom is -0.481 e. The highest BCUT2D eigenvalue weighted by Gasteiger charge is 2.64. The van der Waals surface area contributed by atoms with Crippen molar-refractivity contribution in [3.63, 3.8) is 0 Å². The molecule has 1 saturated carbocycles. The third-order valence-corrected chi connectivity index (χ3v) is 2.99. The Balaban J connectivity index is 2.40. The van der Waals surface area contributed by atoms with Gasteiger partial charge in [0.15, 0.2) is 0 Å². The second-order valence-electron chi connectivity index (χ2n) is 3.80. The first-order chi connectivity index (χ1) is 7.09. The molecular weight excluding hydrogens is 194 g/mol. The second kappa shape index (κ2) is 3.08. The third kappa shape index (κ3) is 1.29. The van der Waals surface area contributed by atoms with Gasteiger partial charge in [-0.2, -0.15) is 0 Å². The van der Waals surface area contributed by atoms with Gasteiger partial charge in [0.2, 0.25) is 5.91 Å². The maximum Gasteiger partial charge on any atom is 0.307 e. The van der Waals surface area contributed by atoms with Crippen LogP contribution in [0.1, 0.15) is 12.0 Å². The summed E-state index contributed by atoms with van der Waals surface area (Å²) < 4.78 is 0. The van der Waals surface area contributed by atoms with Crippen molar-refractivity contribution in [1.82, 2.24) is 0 Å². The van der Waals surface area contributed by atoms with Crippen LogP contribution in [0.4, 0.5) is 0 Å². The molecule has 0 radical (unpaired) electrons. The Bertz CT molecular complexity index is 415. The number of aliphatic carboxylic acids is 1. The number of benzene rings is 1. The molecule has 1 amide bonds. The number of carbonyl (C=O) groups excluding carboxylic acids is 1. The van der Waals surface area contributed by atoms with Crippen LogP contribution in [0.25, 0.3) is 0 Å². The first-order valence-corrected chi connectivity index (χ1v) is 4.67. The number of primary amides is 1. The van der Waals surface area contributed by atoms with Gasteiger partial charge >= 0.3 is 5.97 Å². The van der Waals surface area contributed by atoms with E-state index in [1.165, 1.54) is 0 Å². The van der Waals surface area contributed by atoms with Crippen molar-refractivity contribution in [3.05, 3.63) is 35.9 Å². The lowest BCUT2D eigenvalue weighted by Crippen LogP contribution is -2.32. The highest BCUT2D eigenvalue weighted by atomic mass is 16.4. The van der Waals surface area contributed by atoms with Gasteiger partial charge in [0, 0.05) is 0 Å². The molecule has 1 fully saturated rings. The fourth-order valence-corrected chi connectivity index (χ4v) is 2.03. The average molecular weight is 205 g/mol. The fraction of sp³-hybridized carbons (Fsp3) is 0.273. The molecule has 0 spiro atoms. The van der Waals surface area contributed by atoms with Crippen LogP contribution in [0.3, 0.4) is 0 Å². The lowest BCUT2D eigenvalue weighted by Gasteiger charge is -2.11. The average Bonchev–Trinajstić information content (AvgIpc) is 2.95. The number of carboxylic acid groups (broad SMARTS) is 1. The van der Waals surface area contributed by atoms with Gasteiger partial charge in [-0.3, -0.25) is 9.59 Å². The normalized spacial score (nSPS) is 28.4. The largest absolute Gasteiger partial charge is 0.481 e. The van der Waals surface area contributed by atoms with Crippen LogP contribution in [0, 0.1) is 5.92 Å². The van der Waals surface area contributed by atoms with E-state index in [1.54, 1.807) is 24.3 Å². The maximum atomic E-state index is 11.4. The number of carboxylic acids is 1. The minimum atomic E-state index is -0.979. The SMILES string of the molecule is NC(=O)C1(c2ccccc2)CC1C(=O)O. The number of rotatable bonds is 3. The van der Waals surface area contributed by atoms with Crippen LogP contribution < -0.4 is 5.73 Å². The van der Waals surface area contributed by atoms with Crippen LogP contribution in [-0.2, 0) is 15.0 Å². The number of nitrogens with two attached hydrogens (primary N) is 1. The van der Waals surface area contributed by atoms with Gasteiger partial charge in [-0.1, -0.05) is 30.3 Å². The standard InChI is InChI=1S/C11H11NO3/c12-10(15)11(6-8(11)9(13)14)7-4-2-1-3-5-7/h1-5,8H,6H2,(H2,12,15)(H,13,14). The van der Waals surface area contributed by atoms with Crippen molar-refractivity contribution in [1.29, 1.82) is 0 Å². The number of amides is 1. The van der Waals surface area contributed by atoms with E-state index in [0.717, 1.165) is 0 Å². The first kappa shape index (κ1) is 9.71. The Morgan fingerprint density at radius 3 is 2.33 bits per heavy atom. The molecule has 3 N–H and O–H groups in total. The predicted molar refractivity (Wildman–Crippen MR) is 53.1 cm³/mol. The van der Waals surface area contributed by atoms with Gasteiger partial charge in [-0.15, -0.1) is 0 Å². The molecule has 0 bridgehead atoms. The summed E-state index contributed by atoms with van der Waals surface area (Å²) in [6.07, 6.45) is 0.307. The molecule has 0 aromatic heterocycles. The van der Waals surface area contributed by atoms with Crippen molar-refractivity contribution in [2.45, 2.75) is 11.8 Å². The molecule has 78 valence electrons. The molecule has 0 aliphatic heterocycles. The third-order valence-electron chi connectivity index (χ3n) is 2.99. The van der Waals surface area contributed by atoms with Crippen LogP contribution in [0.5, 0.6) is 0 Å². The summed E-state index contributed by atoms with van der Waals surface area (Å²) in [4.78, 5) is 22.2. The van der Waals surface area contributed by atoms with E-state index in [9.17, 15) is 9.59 Å². The molecule has 4 nitrogen and oxygen atoms in total. The Morgan fingerprint density at radius 2 is 1.93 bits per heavy atom. The quantitative estimate of drug-likeness (QED) is 0.754. The Labute approximate surface area is 86.7 Å². The Morgan fingerprint density at radius 1 is 1.33 bits per heavy atom. The van der Waals surface area contributed by atoms with Gasteiger partial charge in [-0.25, -0.2) is 0 Å². The van der Waals surface area contributed by atoms with E-state index < -0.39 is 23.2 Å². The molecule has 2 unspecified atom stereocenters. The zero-order valence-corrected chi connectivity index (χ0v) is 8.01. The summed E-state index contributed by atoms with van der Waals surface area (Å²) in [6.45, 7) is 0. The van der Waals surface area contributed by atoms with E-state index >= 15 is 0 Å². The fourth-order valence-electron chi connectivity index (χ4n) is 2.03. The van der Waals surface area contributed by atoms with Gasteiger partial charge in [-0.05, 0) is 12.0 Å². The molecular formula is C11H11NO3. The van der Waals surface area contributed by atoms with Crippen LogP contribution >= 0.6 is 0 Å². The predicted octanol–water partition coefficient (Wildman–Crippen LogP) is 0.514. The molecule has 1 aromatic rings. The topological polar surface area (TPSA) is 80.4 Å². The summed E-state index contributed by atoms with van der Waals surface area (Å²) in [5.74, 6) is -2.18. The lowest BCUT2D eigenvalue weighted by molar-refractivity contribution is -0.140. The van der Waals surface area contributed by atoms with Crippen LogP contribution in [0.15, 0.2) is 30.3 Å². The van der Waals surface area contributed by atoms with Gasteiger partial charge < -0.3 is 10.8 Å². The first-order valence-electron chi connectivity index (χ1n) is 4.67. The van der Waals surface area contributed by atoms with Crippen LogP contribution in [0.2, 0.25) is 0 Å². The van der Waals surface area contributed by atoms with E-state index in [1.807, 2.05) is 6.07 Å². The number of hydrogen-bond acceptors (Lipinski definition) is 2. The smallest absolute Gasteiger partial charge is 0.307 e. The maximum absolute atomic E-state index is 11.4. The minimum absolute atomic E-state index is 0.307. The molecule has 2 atom stereocenters. The molecule has 0 heterocycles. The lowest BCUT2D eigenvalue weighted by atomic mass is 9.92. The molecule has 1 aliphatic carbocycles. The zero-order valence-electron chi connectivity index (χ0n) is 8.01. The monoisotopic (exact) mass is 205 g/mol. The highest BCUT2D eigenvalue weighted by Crippen LogP contribution is 2.54. The molecule has 1 aliphatic rings. The Hall–Kier alpha value is -1.84. The summed E-state index contributed by atoms with van der Waals surface area (Å²) in [7, 11) is 0. The van der Waals surface area contributed by atoms with Crippen molar-refractivity contribution >= 4 is 11.9 Å². The van der Waals surface area contributed by atoms with E-state index in [4.69, 9.17) is 10.8 Å². The van der Waals surface area contributed by atoms with E-state index in [-0.39, 0.29) is 0 Å². The van der Waals surface area contributed by atoms with Crippen molar-refractivity contribution in [2.24, 2.45) is 11.7 Å². The molecule has 0 saturated heterocycles. The van der Waals surface area contributed by atoms with Crippen LogP contribution in [-0.4, -0.2) is 17.0 Å². The molecule has 1 aromatic carbocycles. The van der Waals surface area contributed by atoms with Crippen molar-refractivity contribution < 1.29 is 14.7 Å². The summed E-state index contributed by atoms with van der Waals surface area (Å²) >= 11 is 0. The summed E-state index contributed by atoms with van der Waals surface area (Å²) in [6, 6.07) is 8.85. The summed E-state index contributed by atoms with van der Waals surface area (Å²) in [5, 5.41) is 8.89. The van der Waals surface area contributed by atoms with E-state index in [0.29, 0.717) is 12.0 Å². The molecule has 4 heteroatoms. The highest BCUT2D eigenvalue weighted by molar-refractivity contribution is 5.97. The number of carbonyl (C=O) groups is 2. The van der Waals surface area contributed by atoms with Crippen molar-refractivity contribution in [2.75, 3.05) is 0 Å². The van der Waals surface area contributed by atoms with Gasteiger partial charge in [0.05, 0.1) is 11.3 Å². The van der Waals surface area contributed by atoms with Gasteiger partial charge in [0.1, 0.15) is 0 Å². The summed E-state index contributed by atoms with van der Waals surface area (Å²) in [5.41, 5.74) is 5.01. The molecule has 2 rings (SSSR count). The van der Waals surface area contributed by atoms with Gasteiger partial charge in [0.25, 0.3) is 0 Å². The molecule has 15 heavy (non-hydrogen) atoms. The number of hydrogen-bond donors (Lipinski definition) is 2. The second-order valence-corrected chi connectivity index (χ2v) is 3.80. The van der Waals surface area contributed by atoms with E-state index in [2.05, 4.69) is 0 Å².